The van der Waals surface area contributed by atoms with E-state index in [2.05, 4.69) is 71.5 Å². The number of aliphatic hydroxyl groups is 1. The molecule has 0 radical (unpaired) electrons. The van der Waals surface area contributed by atoms with E-state index in [0.29, 0.717) is 41.8 Å². The molecule has 0 spiro atoms. The second-order valence-corrected chi connectivity index (χ2v) is 13.3. The Balaban J connectivity index is 0.00000195. The smallest absolute Gasteiger partial charge is 0.290 e. The van der Waals surface area contributed by atoms with E-state index in [9.17, 15) is 10.4 Å². The minimum Gasteiger partial charge on any atom is -0.493 e. The van der Waals surface area contributed by atoms with Crippen LogP contribution >= 0.6 is 11.6 Å². The van der Waals surface area contributed by atoms with Gasteiger partial charge in [-0.1, -0.05) is 41.9 Å². The highest BCUT2D eigenvalue weighted by molar-refractivity contribution is 6.33. The van der Waals surface area contributed by atoms with Gasteiger partial charge in [-0.15, -0.1) is 0 Å². The molecular weight excluding hydrogens is 680 g/mol. The summed E-state index contributed by atoms with van der Waals surface area (Å²) in [6.07, 6.45) is 6.84. The van der Waals surface area contributed by atoms with Crippen LogP contribution in [0.1, 0.15) is 65.1 Å². The lowest BCUT2D eigenvalue weighted by atomic mass is 9.93. The molecule has 10 nitrogen and oxygen atoms in total. The third kappa shape index (κ3) is 10.9. The Morgan fingerprint density at radius 3 is 2.37 bits per heavy atom. The Morgan fingerprint density at radius 2 is 1.65 bits per heavy atom. The molecule has 1 atom stereocenters. The van der Waals surface area contributed by atoms with Crippen molar-refractivity contribution in [3.8, 4) is 34.4 Å². The van der Waals surface area contributed by atoms with Crippen molar-refractivity contribution in [2.45, 2.75) is 72.8 Å². The fourth-order valence-corrected chi connectivity index (χ4v) is 6.40. The molecule has 4 aromatic rings. The first-order valence-corrected chi connectivity index (χ1v) is 18.0. The molecule has 1 aliphatic rings. The number of aromatic nitrogens is 1. The molecule has 0 amide bonds. The van der Waals surface area contributed by atoms with Crippen LogP contribution in [0.4, 0.5) is 0 Å². The van der Waals surface area contributed by atoms with Gasteiger partial charge in [0.25, 0.3) is 6.47 Å². The lowest BCUT2D eigenvalue weighted by Gasteiger charge is -2.21. The van der Waals surface area contributed by atoms with Gasteiger partial charge in [-0.25, -0.2) is 0 Å². The van der Waals surface area contributed by atoms with E-state index >= 15 is 0 Å². The second kappa shape index (κ2) is 20.4. The van der Waals surface area contributed by atoms with Crippen LogP contribution in [-0.4, -0.2) is 65.5 Å². The number of nitriles is 1. The van der Waals surface area contributed by atoms with Gasteiger partial charge in [-0.3, -0.25) is 9.78 Å². The van der Waals surface area contributed by atoms with Crippen LogP contribution in [0.25, 0.3) is 11.1 Å². The minimum atomic E-state index is -0.250. The number of hydrogen-bond donors (Lipinski definition) is 3. The topological polar surface area (TPSA) is 137 Å². The van der Waals surface area contributed by atoms with E-state index in [0.717, 1.165) is 63.2 Å². The van der Waals surface area contributed by atoms with E-state index in [1.54, 1.807) is 12.3 Å². The molecule has 5 rings (SSSR count). The number of ether oxygens (including phenoxy) is 3. The maximum atomic E-state index is 9.57. The van der Waals surface area contributed by atoms with E-state index in [-0.39, 0.29) is 25.7 Å². The first-order valence-electron chi connectivity index (χ1n) is 17.6. The summed E-state index contributed by atoms with van der Waals surface area (Å²) in [4.78, 5) is 15.0. The van der Waals surface area contributed by atoms with E-state index in [1.807, 2.05) is 19.9 Å². The number of pyridine rings is 1. The predicted octanol–water partition coefficient (Wildman–Crippen LogP) is 7.39. The summed E-state index contributed by atoms with van der Waals surface area (Å²) in [6, 6.07) is 18.2. The number of carboxylic acid groups (broad SMARTS) is 1. The van der Waals surface area contributed by atoms with Crippen LogP contribution in [-0.2, 0) is 24.6 Å². The maximum Gasteiger partial charge on any atom is 0.290 e. The van der Waals surface area contributed by atoms with Gasteiger partial charge in [0.05, 0.1) is 23.8 Å². The van der Waals surface area contributed by atoms with Crippen molar-refractivity contribution in [2.24, 2.45) is 0 Å². The van der Waals surface area contributed by atoms with Crippen LogP contribution in [0.2, 0.25) is 5.02 Å². The third-order valence-electron chi connectivity index (χ3n) is 9.26. The number of nitrogens with zero attached hydrogens (tertiary/aromatic N) is 3. The van der Waals surface area contributed by atoms with Crippen molar-refractivity contribution in [2.75, 3.05) is 32.8 Å². The first-order chi connectivity index (χ1) is 25.2. The summed E-state index contributed by atoms with van der Waals surface area (Å²) in [5.74, 6) is 2.05. The highest BCUT2D eigenvalue weighted by Crippen LogP contribution is 2.39. The average molecular weight is 729 g/mol. The van der Waals surface area contributed by atoms with Gasteiger partial charge in [0, 0.05) is 48.7 Å². The molecule has 1 saturated heterocycles. The van der Waals surface area contributed by atoms with Crippen LogP contribution < -0.4 is 19.5 Å². The number of carbonyl (C=O) groups is 1. The van der Waals surface area contributed by atoms with Crippen LogP contribution in [0.3, 0.4) is 0 Å². The molecule has 1 fully saturated rings. The summed E-state index contributed by atoms with van der Waals surface area (Å²) in [5.41, 5.74) is 8.53. The molecule has 0 saturated carbocycles. The summed E-state index contributed by atoms with van der Waals surface area (Å²) < 4.78 is 19.0. The zero-order valence-electron chi connectivity index (χ0n) is 30.5. The lowest BCUT2D eigenvalue weighted by molar-refractivity contribution is -0.122. The molecule has 1 unspecified atom stereocenters. The number of benzene rings is 3. The van der Waals surface area contributed by atoms with E-state index < -0.39 is 0 Å². The molecule has 1 aliphatic heterocycles. The zero-order valence-corrected chi connectivity index (χ0v) is 31.2. The molecular formula is C41H49ClN4O6. The Hall–Kier alpha value is -4.66. The maximum absolute atomic E-state index is 9.57. The molecule has 2 heterocycles. The Bertz CT molecular complexity index is 1820. The lowest BCUT2D eigenvalue weighted by Crippen LogP contribution is -2.29. The fraction of sp³-hybridized carbons (Fsp3) is 0.390. The van der Waals surface area contributed by atoms with Gasteiger partial charge in [-0.2, -0.15) is 5.26 Å². The summed E-state index contributed by atoms with van der Waals surface area (Å²) >= 11 is 6.92. The number of likely N-dealkylation sites (tertiary alicyclic amines) is 1. The molecule has 276 valence electrons. The fourth-order valence-electron chi connectivity index (χ4n) is 6.18. The summed E-state index contributed by atoms with van der Waals surface area (Å²) in [7, 11) is 0. The third-order valence-corrected chi connectivity index (χ3v) is 9.73. The largest absolute Gasteiger partial charge is 0.493 e. The number of nitrogens with one attached hydrogen (secondary N) is 1. The van der Waals surface area contributed by atoms with E-state index in [4.69, 9.17) is 35.7 Å². The highest BCUT2D eigenvalue weighted by Gasteiger charge is 2.19. The highest BCUT2D eigenvalue weighted by atomic mass is 35.5. The minimum absolute atomic E-state index is 0.00486. The molecule has 0 aliphatic carbocycles. The molecule has 3 N–H and O–H groups in total. The quantitative estimate of drug-likeness (QED) is 0.0791. The molecule has 3 aromatic carbocycles. The number of rotatable bonds is 16. The van der Waals surface area contributed by atoms with Crippen molar-refractivity contribution in [3.63, 3.8) is 0 Å². The Kier molecular flexibility index (Phi) is 15.7. The number of halogens is 1. The first kappa shape index (κ1) is 40.1. The van der Waals surface area contributed by atoms with Crippen molar-refractivity contribution in [1.29, 1.82) is 5.26 Å². The zero-order chi connectivity index (χ0) is 37.5. The van der Waals surface area contributed by atoms with Gasteiger partial charge in [0.1, 0.15) is 36.5 Å². The Morgan fingerprint density at radius 1 is 0.962 bits per heavy atom. The van der Waals surface area contributed by atoms with Gasteiger partial charge in [0.2, 0.25) is 0 Å². The SMILES string of the molecule is Cc1c(COc2cc(OCc3cncc(C#N)c3)c(CNC(C)CO)c(C)c2Cl)cccc1-c1cccc(OCCCN2CCCC2)c1C.O=CO. The van der Waals surface area contributed by atoms with Gasteiger partial charge in [0.15, 0.2) is 0 Å². The van der Waals surface area contributed by atoms with Crippen molar-refractivity contribution in [1.82, 2.24) is 15.2 Å². The van der Waals surface area contributed by atoms with Crippen molar-refractivity contribution >= 4 is 18.1 Å². The van der Waals surface area contributed by atoms with Crippen LogP contribution in [0.5, 0.6) is 17.2 Å². The molecule has 52 heavy (non-hydrogen) atoms. The molecule has 0 bridgehead atoms. The van der Waals surface area contributed by atoms with E-state index in [1.165, 1.54) is 32.1 Å². The summed E-state index contributed by atoms with van der Waals surface area (Å²) in [5, 5.41) is 29.6. The summed E-state index contributed by atoms with van der Waals surface area (Å²) in [6.45, 7) is 13.0. The van der Waals surface area contributed by atoms with Crippen molar-refractivity contribution in [3.05, 3.63) is 105 Å². The van der Waals surface area contributed by atoms with Gasteiger partial charge < -0.3 is 34.6 Å². The van der Waals surface area contributed by atoms with Gasteiger partial charge >= 0.3 is 0 Å². The number of aliphatic hydroxyl groups excluding tert-OH is 1. The van der Waals surface area contributed by atoms with Crippen LogP contribution in [0, 0.1) is 32.1 Å². The standard InChI is InChI=1S/C40H47ClN4O4.CH2O2/c1-27(24-46)44-23-36-30(4)40(41)39(19-38(36)48-25-32-18-31(20-42)21-43-22-32)49-26-33-10-7-11-34(28(33)2)35-12-8-13-37(29(35)3)47-17-9-16-45-14-5-6-15-45;2-1-3/h7-8,10-13,18-19,21-22,27,44,46H,5-6,9,14-17,23-26H2,1-4H3;1H,(H,2,3). The predicted molar refractivity (Wildman–Crippen MR) is 203 cm³/mol. The van der Waals surface area contributed by atoms with Crippen LogP contribution in [0.15, 0.2) is 60.9 Å². The monoisotopic (exact) mass is 728 g/mol. The van der Waals surface area contributed by atoms with Crippen molar-refractivity contribution < 1.29 is 29.2 Å². The average Bonchev–Trinajstić information content (AvgIpc) is 3.68. The number of hydrogen-bond acceptors (Lipinski definition) is 9. The molecule has 1 aromatic heterocycles. The van der Waals surface area contributed by atoms with Gasteiger partial charge in [-0.05, 0) is 106 Å². The molecule has 11 heteroatoms. The second-order valence-electron chi connectivity index (χ2n) is 12.9. The normalized spacial score (nSPS) is 13.1. The Labute approximate surface area is 311 Å².